The molecule has 6 nitrogen and oxygen atoms in total. The number of nitrogens with zero attached hydrogens (tertiary/aromatic N) is 2. The number of sulfonamides is 1. The summed E-state index contributed by atoms with van der Waals surface area (Å²) in [4.78, 5) is 15.9. The molecule has 7 heteroatoms. The monoisotopic (exact) mass is 313 g/mol. The average Bonchev–Trinajstić information content (AvgIpc) is 2.37. The number of aryl methyl sites for hydroxylation is 1. The van der Waals surface area contributed by atoms with Gasteiger partial charge < -0.3 is 5.32 Å². The van der Waals surface area contributed by atoms with E-state index in [4.69, 9.17) is 0 Å². The molecular formula is C14H23N3O3S. The molecule has 0 aromatic carbocycles. The van der Waals surface area contributed by atoms with Gasteiger partial charge in [-0.1, -0.05) is 0 Å². The SMILES string of the molecule is Cc1ccc(C(=O)NCCCN(C(C)C)S(C)(=O)=O)cn1. The highest BCUT2D eigenvalue weighted by atomic mass is 32.2. The lowest BCUT2D eigenvalue weighted by Crippen LogP contribution is -2.38. The van der Waals surface area contributed by atoms with Gasteiger partial charge in [0.2, 0.25) is 10.0 Å². The van der Waals surface area contributed by atoms with Crippen molar-refractivity contribution in [1.82, 2.24) is 14.6 Å². The number of pyridine rings is 1. The van der Waals surface area contributed by atoms with Gasteiger partial charge in [-0.25, -0.2) is 8.42 Å². The highest BCUT2D eigenvalue weighted by Gasteiger charge is 2.19. The van der Waals surface area contributed by atoms with Gasteiger partial charge in [0, 0.05) is 31.0 Å². The van der Waals surface area contributed by atoms with Gasteiger partial charge in [0.05, 0.1) is 11.8 Å². The Hall–Kier alpha value is -1.47. The van der Waals surface area contributed by atoms with E-state index < -0.39 is 10.0 Å². The van der Waals surface area contributed by atoms with Gasteiger partial charge in [-0.3, -0.25) is 9.78 Å². The Morgan fingerprint density at radius 1 is 1.38 bits per heavy atom. The van der Waals surface area contributed by atoms with Crippen LogP contribution in [0.4, 0.5) is 0 Å². The summed E-state index contributed by atoms with van der Waals surface area (Å²) < 4.78 is 24.6. The molecule has 1 rings (SSSR count). The number of amides is 1. The summed E-state index contributed by atoms with van der Waals surface area (Å²) in [7, 11) is -3.21. The van der Waals surface area contributed by atoms with Crippen LogP contribution in [0.15, 0.2) is 18.3 Å². The zero-order valence-electron chi connectivity index (χ0n) is 13.0. The fourth-order valence-corrected chi connectivity index (χ4v) is 3.17. The minimum absolute atomic E-state index is 0.0861. The Morgan fingerprint density at radius 2 is 2.05 bits per heavy atom. The lowest BCUT2D eigenvalue weighted by atomic mass is 10.2. The topological polar surface area (TPSA) is 79.4 Å². The zero-order valence-corrected chi connectivity index (χ0v) is 13.8. The van der Waals surface area contributed by atoms with Gasteiger partial charge >= 0.3 is 0 Å². The zero-order chi connectivity index (χ0) is 16.0. The Bertz CT molecular complexity index is 568. The molecule has 21 heavy (non-hydrogen) atoms. The van der Waals surface area contributed by atoms with Crippen LogP contribution in [0.3, 0.4) is 0 Å². The molecule has 1 aromatic rings. The van der Waals surface area contributed by atoms with E-state index in [1.165, 1.54) is 16.8 Å². The molecule has 0 bridgehead atoms. The minimum Gasteiger partial charge on any atom is -0.352 e. The minimum atomic E-state index is -3.21. The number of rotatable bonds is 7. The van der Waals surface area contributed by atoms with Crippen molar-refractivity contribution >= 4 is 15.9 Å². The number of hydrogen-bond acceptors (Lipinski definition) is 4. The van der Waals surface area contributed by atoms with Crippen LogP contribution < -0.4 is 5.32 Å². The molecule has 0 fully saturated rings. The van der Waals surface area contributed by atoms with Crippen molar-refractivity contribution in [2.45, 2.75) is 33.2 Å². The molecule has 0 spiro atoms. The van der Waals surface area contributed by atoms with Crippen molar-refractivity contribution in [2.24, 2.45) is 0 Å². The second-order valence-corrected chi connectivity index (χ2v) is 7.20. The van der Waals surface area contributed by atoms with Gasteiger partial charge in [0.15, 0.2) is 0 Å². The van der Waals surface area contributed by atoms with Gasteiger partial charge in [-0.05, 0) is 39.3 Å². The van der Waals surface area contributed by atoms with Gasteiger partial charge in [-0.15, -0.1) is 0 Å². The molecule has 0 atom stereocenters. The Morgan fingerprint density at radius 3 is 2.52 bits per heavy atom. The van der Waals surface area contributed by atoms with E-state index in [2.05, 4.69) is 10.3 Å². The third-order valence-electron chi connectivity index (χ3n) is 3.02. The smallest absolute Gasteiger partial charge is 0.252 e. The van der Waals surface area contributed by atoms with Gasteiger partial charge in [0.1, 0.15) is 0 Å². The fraction of sp³-hybridized carbons (Fsp3) is 0.571. The molecule has 1 amide bonds. The molecule has 0 saturated heterocycles. The number of carbonyl (C=O) groups is 1. The molecule has 118 valence electrons. The van der Waals surface area contributed by atoms with Crippen molar-refractivity contribution in [1.29, 1.82) is 0 Å². The van der Waals surface area contributed by atoms with Crippen molar-refractivity contribution in [3.05, 3.63) is 29.6 Å². The van der Waals surface area contributed by atoms with E-state index in [9.17, 15) is 13.2 Å². The van der Waals surface area contributed by atoms with E-state index in [1.54, 1.807) is 12.1 Å². The summed E-state index contributed by atoms with van der Waals surface area (Å²) in [6, 6.07) is 3.41. The highest BCUT2D eigenvalue weighted by Crippen LogP contribution is 2.05. The van der Waals surface area contributed by atoms with Crippen LogP contribution in [0.5, 0.6) is 0 Å². The first-order valence-corrected chi connectivity index (χ1v) is 8.74. The fourth-order valence-electron chi connectivity index (χ4n) is 1.95. The quantitative estimate of drug-likeness (QED) is 0.767. The van der Waals surface area contributed by atoms with E-state index in [0.717, 1.165) is 5.69 Å². The molecule has 1 heterocycles. The molecular weight excluding hydrogens is 290 g/mol. The summed E-state index contributed by atoms with van der Waals surface area (Å²) in [6.07, 6.45) is 3.29. The van der Waals surface area contributed by atoms with E-state index in [0.29, 0.717) is 25.1 Å². The van der Waals surface area contributed by atoms with Crippen molar-refractivity contribution in [2.75, 3.05) is 19.3 Å². The summed E-state index contributed by atoms with van der Waals surface area (Å²) in [5, 5.41) is 2.76. The van der Waals surface area contributed by atoms with Crippen molar-refractivity contribution in [3.8, 4) is 0 Å². The summed E-state index contributed by atoms with van der Waals surface area (Å²) in [5.74, 6) is -0.196. The van der Waals surface area contributed by atoms with Crippen LogP contribution >= 0.6 is 0 Å². The first-order chi connectivity index (χ1) is 9.71. The maximum absolute atomic E-state index is 11.8. The molecule has 0 unspecified atom stereocenters. The maximum Gasteiger partial charge on any atom is 0.252 e. The van der Waals surface area contributed by atoms with Crippen molar-refractivity contribution in [3.63, 3.8) is 0 Å². The molecule has 0 saturated carbocycles. The Balaban J connectivity index is 2.43. The summed E-state index contributed by atoms with van der Waals surface area (Å²) >= 11 is 0. The average molecular weight is 313 g/mol. The number of carbonyl (C=O) groups excluding carboxylic acids is 1. The molecule has 1 N–H and O–H groups in total. The first kappa shape index (κ1) is 17.6. The van der Waals surface area contributed by atoms with E-state index >= 15 is 0 Å². The van der Waals surface area contributed by atoms with Crippen LogP contribution in [0.2, 0.25) is 0 Å². The third-order valence-corrected chi connectivity index (χ3v) is 4.47. The third kappa shape index (κ3) is 5.81. The Labute approximate surface area is 126 Å². The molecule has 0 aliphatic rings. The van der Waals surface area contributed by atoms with E-state index in [1.807, 2.05) is 20.8 Å². The summed E-state index contributed by atoms with van der Waals surface area (Å²) in [5.41, 5.74) is 1.36. The molecule has 1 aromatic heterocycles. The number of nitrogens with one attached hydrogen (secondary N) is 1. The number of aromatic nitrogens is 1. The van der Waals surface area contributed by atoms with Crippen LogP contribution in [0.25, 0.3) is 0 Å². The predicted octanol–water partition coefficient (Wildman–Crippen LogP) is 1.18. The Kier molecular flexibility index (Phi) is 6.29. The maximum atomic E-state index is 11.8. The van der Waals surface area contributed by atoms with E-state index in [-0.39, 0.29) is 11.9 Å². The second kappa shape index (κ2) is 7.51. The summed E-state index contributed by atoms with van der Waals surface area (Å²) in [6.45, 7) is 6.33. The van der Waals surface area contributed by atoms with Crippen LogP contribution in [0.1, 0.15) is 36.3 Å². The van der Waals surface area contributed by atoms with Crippen LogP contribution in [-0.4, -0.2) is 49.0 Å². The second-order valence-electron chi connectivity index (χ2n) is 5.27. The normalized spacial score (nSPS) is 11.9. The van der Waals surface area contributed by atoms with Crippen LogP contribution in [0, 0.1) is 6.92 Å². The predicted molar refractivity (Wildman–Crippen MR) is 82.6 cm³/mol. The molecule has 0 radical (unpaired) electrons. The largest absolute Gasteiger partial charge is 0.352 e. The lowest BCUT2D eigenvalue weighted by Gasteiger charge is -2.23. The van der Waals surface area contributed by atoms with Gasteiger partial charge in [-0.2, -0.15) is 4.31 Å². The molecule has 0 aliphatic carbocycles. The highest BCUT2D eigenvalue weighted by molar-refractivity contribution is 7.88. The number of hydrogen-bond donors (Lipinski definition) is 1. The van der Waals surface area contributed by atoms with Crippen LogP contribution in [-0.2, 0) is 10.0 Å². The molecule has 0 aliphatic heterocycles. The van der Waals surface area contributed by atoms with Gasteiger partial charge in [0.25, 0.3) is 5.91 Å². The van der Waals surface area contributed by atoms with Crippen molar-refractivity contribution < 1.29 is 13.2 Å². The standard InChI is InChI=1S/C14H23N3O3S/c1-11(2)17(21(4,19)20)9-5-8-15-14(18)13-7-6-12(3)16-10-13/h6-7,10-11H,5,8-9H2,1-4H3,(H,15,18). The first-order valence-electron chi connectivity index (χ1n) is 6.89. The lowest BCUT2D eigenvalue weighted by molar-refractivity contribution is 0.0952.